The molecule has 0 radical (unpaired) electrons. The number of hydrogen-bond donors (Lipinski definition) is 2. The second-order valence-corrected chi connectivity index (χ2v) is 3.93. The Labute approximate surface area is 79.0 Å². The van der Waals surface area contributed by atoms with E-state index in [-0.39, 0.29) is 0 Å². The second-order valence-electron chi connectivity index (χ2n) is 2.84. The van der Waals surface area contributed by atoms with Crippen LogP contribution in [0.15, 0.2) is 12.1 Å². The van der Waals surface area contributed by atoms with Crippen LogP contribution in [0.3, 0.4) is 0 Å². The molecule has 2 aromatic heterocycles. The zero-order chi connectivity index (χ0) is 9.42. The number of fused-ring (bicyclic) bond motifs is 1. The molecule has 2 heterocycles. The Bertz CT molecular complexity index is 424. The fourth-order valence-electron chi connectivity index (χ4n) is 1.27. The molecule has 0 aromatic carbocycles. The number of hydrogen-bond acceptors (Lipinski definition) is 2. The average molecular weight is 195 g/mol. The highest BCUT2D eigenvalue weighted by molar-refractivity contribution is 7.20. The van der Waals surface area contributed by atoms with Gasteiger partial charge in [0, 0.05) is 5.69 Å². The molecule has 0 aliphatic rings. The maximum Gasteiger partial charge on any atom is 0.345 e. The molecule has 0 fully saturated rings. The highest BCUT2D eigenvalue weighted by Crippen LogP contribution is 2.26. The molecule has 2 aromatic rings. The molecule has 0 aliphatic heterocycles. The van der Waals surface area contributed by atoms with E-state index in [0.29, 0.717) is 4.88 Å². The van der Waals surface area contributed by atoms with Crippen LogP contribution in [0.5, 0.6) is 0 Å². The number of rotatable bonds is 2. The Morgan fingerprint density at radius 1 is 1.62 bits per heavy atom. The first-order valence-electron chi connectivity index (χ1n) is 4.05. The Hall–Kier alpha value is -1.29. The highest BCUT2D eigenvalue weighted by atomic mass is 32.1. The monoisotopic (exact) mass is 195 g/mol. The number of thiophene rings is 1. The van der Waals surface area contributed by atoms with Crippen molar-refractivity contribution in [2.75, 3.05) is 0 Å². The quantitative estimate of drug-likeness (QED) is 0.773. The number of carboxylic acids is 1. The van der Waals surface area contributed by atoms with Crippen LogP contribution in [-0.4, -0.2) is 16.1 Å². The van der Waals surface area contributed by atoms with E-state index in [1.165, 1.54) is 11.3 Å². The summed E-state index contributed by atoms with van der Waals surface area (Å²) in [5.74, 6) is -0.854. The topological polar surface area (TPSA) is 53.1 Å². The smallest absolute Gasteiger partial charge is 0.345 e. The van der Waals surface area contributed by atoms with Gasteiger partial charge in [-0.15, -0.1) is 11.3 Å². The van der Waals surface area contributed by atoms with Crippen LogP contribution in [0.4, 0.5) is 0 Å². The summed E-state index contributed by atoms with van der Waals surface area (Å²) in [5, 5.41) is 8.73. The van der Waals surface area contributed by atoms with Gasteiger partial charge in [-0.25, -0.2) is 4.79 Å². The molecular weight excluding hydrogens is 186 g/mol. The van der Waals surface area contributed by atoms with Gasteiger partial charge in [-0.1, -0.05) is 6.92 Å². The zero-order valence-electron chi connectivity index (χ0n) is 7.13. The molecular formula is C9H9NO2S. The van der Waals surface area contributed by atoms with Gasteiger partial charge in [-0.3, -0.25) is 0 Å². The number of H-pyrrole nitrogens is 1. The number of aryl methyl sites for hydroxylation is 1. The van der Waals surface area contributed by atoms with Crippen LogP contribution < -0.4 is 0 Å². The van der Waals surface area contributed by atoms with Crippen molar-refractivity contribution in [3.63, 3.8) is 0 Å². The maximum atomic E-state index is 10.6. The summed E-state index contributed by atoms with van der Waals surface area (Å²) in [4.78, 5) is 14.2. The molecule has 0 saturated carbocycles. The minimum absolute atomic E-state index is 0.393. The first kappa shape index (κ1) is 8.31. The highest BCUT2D eigenvalue weighted by Gasteiger charge is 2.09. The van der Waals surface area contributed by atoms with Crippen LogP contribution in [0.2, 0.25) is 0 Å². The lowest BCUT2D eigenvalue weighted by molar-refractivity contribution is 0.0702. The fraction of sp³-hybridized carbons (Fsp3) is 0.222. The summed E-state index contributed by atoms with van der Waals surface area (Å²) in [6.07, 6.45) is 0.948. The number of aromatic nitrogens is 1. The third kappa shape index (κ3) is 1.33. The van der Waals surface area contributed by atoms with Crippen molar-refractivity contribution in [2.24, 2.45) is 0 Å². The van der Waals surface area contributed by atoms with Crippen LogP contribution in [0, 0.1) is 0 Å². The van der Waals surface area contributed by atoms with Crippen molar-refractivity contribution >= 4 is 27.5 Å². The Morgan fingerprint density at radius 3 is 2.92 bits per heavy atom. The number of nitrogens with one attached hydrogen (secondary N) is 1. The van der Waals surface area contributed by atoms with E-state index < -0.39 is 5.97 Å². The lowest BCUT2D eigenvalue weighted by Gasteiger charge is -1.86. The zero-order valence-corrected chi connectivity index (χ0v) is 7.94. The molecule has 68 valence electrons. The van der Waals surface area contributed by atoms with Crippen molar-refractivity contribution in [3.05, 3.63) is 22.7 Å². The summed E-state index contributed by atoms with van der Waals surface area (Å²) in [6.45, 7) is 2.06. The third-order valence-electron chi connectivity index (χ3n) is 1.95. The first-order valence-corrected chi connectivity index (χ1v) is 4.87. The normalized spacial score (nSPS) is 10.8. The summed E-state index contributed by atoms with van der Waals surface area (Å²) in [7, 11) is 0. The van der Waals surface area contributed by atoms with Gasteiger partial charge >= 0.3 is 5.97 Å². The van der Waals surface area contributed by atoms with Gasteiger partial charge in [0.2, 0.25) is 0 Å². The SMILES string of the molecule is CCc1cc2sc(C(=O)O)cc2[nH]1. The Kier molecular flexibility index (Phi) is 1.84. The summed E-state index contributed by atoms with van der Waals surface area (Å²) >= 11 is 1.31. The van der Waals surface area contributed by atoms with Crippen molar-refractivity contribution in [1.29, 1.82) is 0 Å². The van der Waals surface area contributed by atoms with E-state index in [1.807, 2.05) is 6.07 Å². The number of aromatic carboxylic acids is 1. The molecule has 2 rings (SSSR count). The van der Waals surface area contributed by atoms with Crippen molar-refractivity contribution < 1.29 is 9.90 Å². The number of carboxylic acid groups (broad SMARTS) is 1. The molecule has 3 nitrogen and oxygen atoms in total. The van der Waals surface area contributed by atoms with Crippen molar-refractivity contribution in [1.82, 2.24) is 4.98 Å². The molecule has 0 bridgehead atoms. The standard InChI is InChI=1S/C9H9NO2S/c1-2-5-3-7-6(10-5)4-8(13-7)9(11)12/h3-4,10H,2H2,1H3,(H,11,12). The molecule has 0 unspecified atom stereocenters. The first-order chi connectivity index (χ1) is 6.20. The largest absolute Gasteiger partial charge is 0.477 e. The molecule has 2 N–H and O–H groups in total. The summed E-state index contributed by atoms with van der Waals surface area (Å²) in [5.41, 5.74) is 2.08. The summed E-state index contributed by atoms with van der Waals surface area (Å²) in [6, 6.07) is 3.69. The third-order valence-corrected chi connectivity index (χ3v) is 3.02. The predicted octanol–water partition coefficient (Wildman–Crippen LogP) is 2.49. The molecule has 0 amide bonds. The number of aromatic amines is 1. The van der Waals surface area contributed by atoms with Gasteiger partial charge in [0.15, 0.2) is 0 Å². The van der Waals surface area contributed by atoms with Crippen LogP contribution >= 0.6 is 11.3 Å². The maximum absolute atomic E-state index is 10.6. The molecule has 4 heteroatoms. The van der Waals surface area contributed by atoms with E-state index in [2.05, 4.69) is 11.9 Å². The van der Waals surface area contributed by atoms with E-state index in [0.717, 1.165) is 22.3 Å². The molecule has 13 heavy (non-hydrogen) atoms. The van der Waals surface area contributed by atoms with E-state index in [1.54, 1.807) is 6.07 Å². The minimum Gasteiger partial charge on any atom is -0.477 e. The van der Waals surface area contributed by atoms with Crippen molar-refractivity contribution in [2.45, 2.75) is 13.3 Å². The average Bonchev–Trinajstić information content (AvgIpc) is 2.58. The van der Waals surface area contributed by atoms with Gasteiger partial charge in [-0.05, 0) is 18.6 Å². The predicted molar refractivity (Wildman–Crippen MR) is 52.5 cm³/mol. The van der Waals surface area contributed by atoms with E-state index in [9.17, 15) is 4.79 Å². The van der Waals surface area contributed by atoms with E-state index >= 15 is 0 Å². The lowest BCUT2D eigenvalue weighted by atomic mass is 10.3. The van der Waals surface area contributed by atoms with Gasteiger partial charge in [0.05, 0.1) is 10.2 Å². The van der Waals surface area contributed by atoms with Gasteiger partial charge in [0.1, 0.15) is 4.88 Å². The fourth-order valence-corrected chi connectivity index (χ4v) is 2.20. The number of carbonyl (C=O) groups is 1. The van der Waals surface area contributed by atoms with Gasteiger partial charge in [0.25, 0.3) is 0 Å². The van der Waals surface area contributed by atoms with Gasteiger partial charge < -0.3 is 10.1 Å². The van der Waals surface area contributed by atoms with Crippen LogP contribution in [0.25, 0.3) is 10.2 Å². The molecule has 0 saturated heterocycles. The molecule has 0 atom stereocenters. The van der Waals surface area contributed by atoms with Gasteiger partial charge in [-0.2, -0.15) is 0 Å². The van der Waals surface area contributed by atoms with E-state index in [4.69, 9.17) is 5.11 Å². The van der Waals surface area contributed by atoms with Crippen LogP contribution in [0.1, 0.15) is 22.3 Å². The summed E-state index contributed by atoms with van der Waals surface area (Å²) < 4.78 is 1.02. The van der Waals surface area contributed by atoms with Crippen LogP contribution in [-0.2, 0) is 6.42 Å². The molecule has 0 spiro atoms. The Morgan fingerprint density at radius 2 is 2.38 bits per heavy atom. The van der Waals surface area contributed by atoms with Crippen molar-refractivity contribution in [3.8, 4) is 0 Å². The minimum atomic E-state index is -0.854. The second kappa shape index (κ2) is 2.88. The molecule has 0 aliphatic carbocycles. The Balaban J connectivity index is 2.54. The lowest BCUT2D eigenvalue weighted by Crippen LogP contribution is -1.90.